The molecule has 0 saturated carbocycles. The SMILES string of the molecule is CN=C(NCC(C)c1cccs1)N1CCc2cc(OC)c(OC)cc2C1.I. The molecule has 0 spiro atoms. The average molecular weight is 501 g/mol. The summed E-state index contributed by atoms with van der Waals surface area (Å²) in [7, 11) is 5.21. The van der Waals surface area contributed by atoms with Gasteiger partial charge >= 0.3 is 0 Å². The second-order valence-electron chi connectivity index (χ2n) is 6.49. The fraction of sp³-hybridized carbons (Fsp3) is 0.450. The maximum absolute atomic E-state index is 5.46. The van der Waals surface area contributed by atoms with Gasteiger partial charge in [-0.05, 0) is 41.1 Å². The second-order valence-corrected chi connectivity index (χ2v) is 7.47. The summed E-state index contributed by atoms with van der Waals surface area (Å²) in [4.78, 5) is 8.19. The van der Waals surface area contributed by atoms with Gasteiger partial charge < -0.3 is 19.7 Å². The van der Waals surface area contributed by atoms with Gasteiger partial charge in [-0.15, -0.1) is 35.3 Å². The number of hydrogen-bond acceptors (Lipinski definition) is 4. The van der Waals surface area contributed by atoms with Crippen LogP contribution in [0.1, 0.15) is 28.8 Å². The molecular formula is C20H28IN3O2S. The minimum atomic E-state index is 0. The van der Waals surface area contributed by atoms with E-state index in [1.54, 1.807) is 25.6 Å². The molecule has 0 aliphatic carbocycles. The molecule has 3 rings (SSSR count). The molecule has 1 aromatic carbocycles. The second kappa shape index (κ2) is 10.2. The van der Waals surface area contributed by atoms with Crippen LogP contribution >= 0.6 is 35.3 Å². The van der Waals surface area contributed by atoms with Crippen molar-refractivity contribution in [1.29, 1.82) is 0 Å². The van der Waals surface area contributed by atoms with Crippen LogP contribution in [0.5, 0.6) is 11.5 Å². The fourth-order valence-corrected chi connectivity index (χ4v) is 4.10. The zero-order valence-corrected chi connectivity index (χ0v) is 19.5. The summed E-state index contributed by atoms with van der Waals surface area (Å²) < 4.78 is 10.9. The highest BCUT2D eigenvalue weighted by Gasteiger charge is 2.22. The van der Waals surface area contributed by atoms with Gasteiger partial charge in [0.25, 0.3) is 0 Å². The Bertz CT molecular complexity index is 765. The van der Waals surface area contributed by atoms with Crippen molar-refractivity contribution in [2.45, 2.75) is 25.8 Å². The third-order valence-corrected chi connectivity index (χ3v) is 5.93. The zero-order chi connectivity index (χ0) is 18.5. The van der Waals surface area contributed by atoms with Crippen molar-refractivity contribution < 1.29 is 9.47 Å². The van der Waals surface area contributed by atoms with Gasteiger partial charge in [0.1, 0.15) is 0 Å². The number of rotatable bonds is 5. The van der Waals surface area contributed by atoms with Crippen molar-refractivity contribution in [3.05, 3.63) is 45.6 Å². The van der Waals surface area contributed by atoms with Crippen molar-refractivity contribution in [1.82, 2.24) is 10.2 Å². The van der Waals surface area contributed by atoms with Gasteiger partial charge in [-0.3, -0.25) is 4.99 Å². The van der Waals surface area contributed by atoms with Crippen LogP contribution in [0.4, 0.5) is 0 Å². The predicted molar refractivity (Wildman–Crippen MR) is 123 cm³/mol. The Hall–Kier alpha value is -1.48. The lowest BCUT2D eigenvalue weighted by Crippen LogP contribution is -2.45. The van der Waals surface area contributed by atoms with E-state index < -0.39 is 0 Å². The van der Waals surface area contributed by atoms with Gasteiger partial charge in [-0.2, -0.15) is 0 Å². The van der Waals surface area contributed by atoms with Gasteiger partial charge in [0, 0.05) is 37.5 Å². The Kier molecular flexibility index (Phi) is 8.22. The van der Waals surface area contributed by atoms with Gasteiger partial charge in [0.15, 0.2) is 17.5 Å². The van der Waals surface area contributed by atoms with E-state index in [1.807, 2.05) is 7.05 Å². The Labute approximate surface area is 182 Å². The summed E-state index contributed by atoms with van der Waals surface area (Å²) in [5.41, 5.74) is 2.59. The van der Waals surface area contributed by atoms with Crippen LogP contribution < -0.4 is 14.8 Å². The van der Waals surface area contributed by atoms with Crippen LogP contribution in [0.3, 0.4) is 0 Å². The quantitative estimate of drug-likeness (QED) is 0.381. The zero-order valence-electron chi connectivity index (χ0n) is 16.3. The molecular weight excluding hydrogens is 473 g/mol. The van der Waals surface area contributed by atoms with E-state index in [-0.39, 0.29) is 24.0 Å². The van der Waals surface area contributed by atoms with Crippen LogP contribution in [0.2, 0.25) is 0 Å². The summed E-state index contributed by atoms with van der Waals surface area (Å²) in [5, 5.41) is 5.66. The van der Waals surface area contributed by atoms with E-state index in [2.05, 4.69) is 51.8 Å². The number of guanidine groups is 1. The molecule has 0 saturated heterocycles. The smallest absolute Gasteiger partial charge is 0.193 e. The number of fused-ring (bicyclic) bond motifs is 1. The van der Waals surface area contributed by atoms with Crippen LogP contribution in [0.15, 0.2) is 34.6 Å². The molecule has 1 N–H and O–H groups in total. The lowest BCUT2D eigenvalue weighted by Gasteiger charge is -2.32. The minimum absolute atomic E-state index is 0. The summed E-state index contributed by atoms with van der Waals surface area (Å²) in [6.07, 6.45) is 0.969. The highest BCUT2D eigenvalue weighted by molar-refractivity contribution is 14.0. The lowest BCUT2D eigenvalue weighted by molar-refractivity contribution is 0.345. The van der Waals surface area contributed by atoms with Crippen molar-refractivity contribution in [3.63, 3.8) is 0 Å². The normalized spacial score (nSPS) is 14.8. The van der Waals surface area contributed by atoms with Gasteiger partial charge in [-0.25, -0.2) is 0 Å². The van der Waals surface area contributed by atoms with Gasteiger partial charge in [0.05, 0.1) is 14.2 Å². The minimum Gasteiger partial charge on any atom is -0.493 e. The van der Waals surface area contributed by atoms with E-state index in [0.717, 1.165) is 43.5 Å². The predicted octanol–water partition coefficient (Wildman–Crippen LogP) is 4.12. The number of benzene rings is 1. The molecule has 1 unspecified atom stereocenters. The molecule has 0 fully saturated rings. The first-order valence-corrected chi connectivity index (χ1v) is 9.77. The maximum Gasteiger partial charge on any atom is 0.193 e. The molecule has 1 aliphatic heterocycles. The molecule has 1 aliphatic rings. The molecule has 5 nitrogen and oxygen atoms in total. The average Bonchev–Trinajstić information content (AvgIpc) is 3.22. The molecule has 1 aromatic heterocycles. The molecule has 1 atom stereocenters. The van der Waals surface area contributed by atoms with Crippen molar-refractivity contribution in [2.75, 3.05) is 34.4 Å². The molecule has 2 aromatic rings. The molecule has 2 heterocycles. The molecule has 0 amide bonds. The topological polar surface area (TPSA) is 46.1 Å². The summed E-state index contributed by atoms with van der Waals surface area (Å²) in [5.74, 6) is 3.00. The van der Waals surface area contributed by atoms with E-state index in [4.69, 9.17) is 9.47 Å². The third-order valence-electron chi connectivity index (χ3n) is 4.82. The largest absolute Gasteiger partial charge is 0.493 e. The summed E-state index contributed by atoms with van der Waals surface area (Å²) >= 11 is 1.80. The molecule has 7 heteroatoms. The first-order chi connectivity index (χ1) is 12.7. The highest BCUT2D eigenvalue weighted by atomic mass is 127. The van der Waals surface area contributed by atoms with Crippen LogP contribution in [-0.2, 0) is 13.0 Å². The number of hydrogen-bond donors (Lipinski definition) is 1. The van der Waals surface area contributed by atoms with E-state index >= 15 is 0 Å². The first-order valence-electron chi connectivity index (χ1n) is 8.89. The standard InChI is InChI=1S/C20H27N3O2S.HI/c1-14(19-6-5-9-26-19)12-22-20(21-2)23-8-7-15-10-17(24-3)18(25-4)11-16(15)13-23;/h5-6,9-11,14H,7-8,12-13H2,1-4H3,(H,21,22);1H. The fourth-order valence-electron chi connectivity index (χ4n) is 3.31. The van der Waals surface area contributed by atoms with Crippen LogP contribution in [0.25, 0.3) is 0 Å². The van der Waals surface area contributed by atoms with Gasteiger partial charge in [-0.1, -0.05) is 13.0 Å². The Morgan fingerprint density at radius 2 is 1.96 bits per heavy atom. The van der Waals surface area contributed by atoms with E-state index in [1.165, 1.54) is 16.0 Å². The maximum atomic E-state index is 5.46. The van der Waals surface area contributed by atoms with Gasteiger partial charge in [0.2, 0.25) is 0 Å². The number of nitrogens with zero attached hydrogens (tertiary/aromatic N) is 2. The highest BCUT2D eigenvalue weighted by Crippen LogP contribution is 2.33. The number of halogens is 1. The van der Waals surface area contributed by atoms with Crippen LogP contribution in [0, 0.1) is 0 Å². The van der Waals surface area contributed by atoms with Crippen molar-refractivity contribution >= 4 is 41.3 Å². The Morgan fingerprint density at radius 3 is 2.56 bits per heavy atom. The van der Waals surface area contributed by atoms with E-state index in [0.29, 0.717) is 5.92 Å². The number of methoxy groups -OCH3 is 2. The lowest BCUT2D eigenvalue weighted by atomic mass is 9.99. The number of aliphatic imine (C=N–C) groups is 1. The first kappa shape index (κ1) is 21.8. The molecule has 27 heavy (non-hydrogen) atoms. The van der Waals surface area contributed by atoms with Crippen molar-refractivity contribution in [3.8, 4) is 11.5 Å². The monoisotopic (exact) mass is 501 g/mol. The summed E-state index contributed by atoms with van der Waals surface area (Å²) in [6.45, 7) is 4.88. The number of nitrogens with one attached hydrogen (secondary N) is 1. The number of thiophene rings is 1. The van der Waals surface area contributed by atoms with Crippen molar-refractivity contribution in [2.24, 2.45) is 4.99 Å². The van der Waals surface area contributed by atoms with Crippen LogP contribution in [-0.4, -0.2) is 45.2 Å². The summed E-state index contributed by atoms with van der Waals surface area (Å²) in [6, 6.07) is 8.48. The molecule has 148 valence electrons. The Balaban J connectivity index is 0.00000261. The van der Waals surface area contributed by atoms with E-state index in [9.17, 15) is 0 Å². The molecule has 0 radical (unpaired) electrons. The number of ether oxygens (including phenoxy) is 2. The Morgan fingerprint density at radius 1 is 1.26 bits per heavy atom. The molecule has 0 bridgehead atoms. The third kappa shape index (κ3) is 5.07.